The van der Waals surface area contributed by atoms with Crippen LogP contribution in [0.1, 0.15) is 32.3 Å². The van der Waals surface area contributed by atoms with E-state index in [1.165, 1.54) is 16.7 Å². The van der Waals surface area contributed by atoms with E-state index >= 15 is 0 Å². The van der Waals surface area contributed by atoms with E-state index in [9.17, 15) is 0 Å². The third-order valence-corrected chi connectivity index (χ3v) is 3.89. The van der Waals surface area contributed by atoms with E-state index in [2.05, 4.69) is 69.3 Å². The predicted octanol–water partition coefficient (Wildman–Crippen LogP) is 4.44. The molecule has 0 bridgehead atoms. The van der Waals surface area contributed by atoms with Gasteiger partial charge in [-0.25, -0.2) is 0 Å². The monoisotopic (exact) mass is 253 g/mol. The second-order valence-electron chi connectivity index (χ2n) is 5.60. The van der Waals surface area contributed by atoms with Gasteiger partial charge in [-0.05, 0) is 28.5 Å². The summed E-state index contributed by atoms with van der Waals surface area (Å²) in [4.78, 5) is 0. The van der Waals surface area contributed by atoms with Gasteiger partial charge in [-0.2, -0.15) is 0 Å². The lowest BCUT2D eigenvalue weighted by Gasteiger charge is -2.23. The van der Waals surface area contributed by atoms with Crippen molar-refractivity contribution >= 4 is 0 Å². The van der Waals surface area contributed by atoms with Crippen LogP contribution < -0.4 is 5.73 Å². The Balaban J connectivity index is 2.19. The highest BCUT2D eigenvalue weighted by Gasteiger charge is 2.17. The maximum Gasteiger partial charge on any atom is 0.0128 e. The standard InChI is InChI=1S/C18H23N/c1-13(2)18(19)14(3)15-9-11-17(12-10-15)16-7-5-4-6-8-16/h4-14,18H,19H2,1-3H3. The van der Waals surface area contributed by atoms with E-state index in [-0.39, 0.29) is 6.04 Å². The van der Waals surface area contributed by atoms with E-state index in [4.69, 9.17) is 5.73 Å². The molecule has 0 saturated heterocycles. The summed E-state index contributed by atoms with van der Waals surface area (Å²) >= 11 is 0. The van der Waals surface area contributed by atoms with Gasteiger partial charge in [0, 0.05) is 6.04 Å². The van der Waals surface area contributed by atoms with Gasteiger partial charge < -0.3 is 5.73 Å². The molecular weight excluding hydrogens is 230 g/mol. The van der Waals surface area contributed by atoms with Crippen LogP contribution in [0.4, 0.5) is 0 Å². The summed E-state index contributed by atoms with van der Waals surface area (Å²) in [5.74, 6) is 0.897. The molecule has 0 aliphatic carbocycles. The molecule has 0 heterocycles. The zero-order chi connectivity index (χ0) is 13.8. The molecule has 2 rings (SSSR count). The van der Waals surface area contributed by atoms with E-state index < -0.39 is 0 Å². The average molecular weight is 253 g/mol. The van der Waals surface area contributed by atoms with Crippen LogP contribution in [0.3, 0.4) is 0 Å². The summed E-state index contributed by atoms with van der Waals surface area (Å²) in [6.07, 6.45) is 0. The van der Waals surface area contributed by atoms with Crippen LogP contribution in [0.25, 0.3) is 11.1 Å². The lowest BCUT2D eigenvalue weighted by atomic mass is 9.86. The van der Waals surface area contributed by atoms with Gasteiger partial charge in [-0.3, -0.25) is 0 Å². The van der Waals surface area contributed by atoms with Gasteiger partial charge in [-0.1, -0.05) is 75.4 Å². The number of nitrogens with two attached hydrogens (primary N) is 1. The second-order valence-corrected chi connectivity index (χ2v) is 5.60. The lowest BCUT2D eigenvalue weighted by molar-refractivity contribution is 0.434. The van der Waals surface area contributed by atoms with Crippen molar-refractivity contribution in [3.63, 3.8) is 0 Å². The number of hydrogen-bond acceptors (Lipinski definition) is 1. The van der Waals surface area contributed by atoms with Gasteiger partial charge in [0.15, 0.2) is 0 Å². The van der Waals surface area contributed by atoms with E-state index in [1.807, 2.05) is 6.07 Å². The lowest BCUT2D eigenvalue weighted by Crippen LogP contribution is -2.32. The molecule has 1 heteroatoms. The van der Waals surface area contributed by atoms with Crippen LogP contribution in [0.15, 0.2) is 54.6 Å². The quantitative estimate of drug-likeness (QED) is 0.856. The van der Waals surface area contributed by atoms with Crippen molar-refractivity contribution in [1.29, 1.82) is 0 Å². The average Bonchev–Trinajstić information content (AvgIpc) is 2.46. The van der Waals surface area contributed by atoms with Crippen molar-refractivity contribution in [3.8, 4) is 11.1 Å². The molecule has 0 amide bonds. The molecule has 2 aromatic carbocycles. The van der Waals surface area contributed by atoms with Crippen LogP contribution in [0, 0.1) is 5.92 Å². The van der Waals surface area contributed by atoms with Crippen LogP contribution >= 0.6 is 0 Å². The highest BCUT2D eigenvalue weighted by Crippen LogP contribution is 2.25. The summed E-state index contributed by atoms with van der Waals surface area (Å²) in [7, 11) is 0. The summed E-state index contributed by atoms with van der Waals surface area (Å²) < 4.78 is 0. The molecule has 0 aliphatic heterocycles. The molecule has 2 N–H and O–H groups in total. The molecule has 19 heavy (non-hydrogen) atoms. The van der Waals surface area contributed by atoms with Gasteiger partial charge >= 0.3 is 0 Å². The SMILES string of the molecule is CC(C)C(N)C(C)c1ccc(-c2ccccc2)cc1. The fourth-order valence-electron chi connectivity index (χ4n) is 2.41. The van der Waals surface area contributed by atoms with Crippen molar-refractivity contribution in [3.05, 3.63) is 60.2 Å². The highest BCUT2D eigenvalue weighted by molar-refractivity contribution is 5.63. The third kappa shape index (κ3) is 3.24. The molecule has 2 unspecified atom stereocenters. The minimum absolute atomic E-state index is 0.211. The summed E-state index contributed by atoms with van der Waals surface area (Å²) in [5, 5.41) is 0. The Morgan fingerprint density at radius 1 is 0.737 bits per heavy atom. The number of hydrogen-bond donors (Lipinski definition) is 1. The highest BCUT2D eigenvalue weighted by atomic mass is 14.7. The maximum absolute atomic E-state index is 6.24. The van der Waals surface area contributed by atoms with Crippen LogP contribution in [0.2, 0.25) is 0 Å². The Morgan fingerprint density at radius 3 is 1.79 bits per heavy atom. The molecule has 2 aromatic rings. The molecule has 0 spiro atoms. The van der Waals surface area contributed by atoms with E-state index in [0.717, 1.165) is 0 Å². The molecule has 1 nitrogen and oxygen atoms in total. The molecule has 2 atom stereocenters. The minimum Gasteiger partial charge on any atom is -0.327 e. The first-order chi connectivity index (χ1) is 9.09. The largest absolute Gasteiger partial charge is 0.327 e. The van der Waals surface area contributed by atoms with Crippen LogP contribution in [-0.2, 0) is 0 Å². The maximum atomic E-state index is 6.24. The van der Waals surface area contributed by atoms with Gasteiger partial charge in [0.1, 0.15) is 0 Å². The molecule has 0 aromatic heterocycles. The Kier molecular flexibility index (Phi) is 4.39. The fourth-order valence-corrected chi connectivity index (χ4v) is 2.41. The third-order valence-electron chi connectivity index (χ3n) is 3.89. The molecule has 0 fully saturated rings. The molecule has 100 valence electrons. The summed E-state index contributed by atoms with van der Waals surface area (Å²) in [5.41, 5.74) is 10.1. The topological polar surface area (TPSA) is 26.0 Å². The zero-order valence-corrected chi connectivity index (χ0v) is 12.0. The van der Waals surface area contributed by atoms with Crippen LogP contribution in [0.5, 0.6) is 0 Å². The zero-order valence-electron chi connectivity index (χ0n) is 12.0. The van der Waals surface area contributed by atoms with Gasteiger partial charge in [-0.15, -0.1) is 0 Å². The number of rotatable bonds is 4. The Labute approximate surface area is 116 Å². The predicted molar refractivity (Wildman–Crippen MR) is 83.1 cm³/mol. The van der Waals surface area contributed by atoms with Gasteiger partial charge in [0.25, 0.3) is 0 Å². The number of benzene rings is 2. The van der Waals surface area contributed by atoms with Crippen molar-refractivity contribution in [1.82, 2.24) is 0 Å². The first kappa shape index (κ1) is 13.8. The molecule has 0 saturated carbocycles. The normalized spacial score (nSPS) is 14.4. The Hall–Kier alpha value is -1.60. The molecular formula is C18H23N. The minimum atomic E-state index is 0.211. The van der Waals surface area contributed by atoms with Gasteiger partial charge in [0.05, 0.1) is 0 Å². The molecule has 0 aliphatic rings. The van der Waals surface area contributed by atoms with Crippen molar-refractivity contribution < 1.29 is 0 Å². The first-order valence-corrected chi connectivity index (χ1v) is 7.00. The summed E-state index contributed by atoms with van der Waals surface area (Å²) in [6, 6.07) is 19.5. The van der Waals surface area contributed by atoms with Crippen molar-refractivity contribution in [2.75, 3.05) is 0 Å². The summed E-state index contributed by atoms with van der Waals surface area (Å²) in [6.45, 7) is 6.57. The first-order valence-electron chi connectivity index (χ1n) is 7.00. The second kappa shape index (κ2) is 6.03. The van der Waals surface area contributed by atoms with E-state index in [0.29, 0.717) is 11.8 Å². The molecule has 0 radical (unpaired) electrons. The van der Waals surface area contributed by atoms with Gasteiger partial charge in [0.2, 0.25) is 0 Å². The Bertz CT molecular complexity index is 499. The van der Waals surface area contributed by atoms with Crippen LogP contribution in [-0.4, -0.2) is 6.04 Å². The fraction of sp³-hybridized carbons (Fsp3) is 0.333. The smallest absolute Gasteiger partial charge is 0.0128 e. The Morgan fingerprint density at radius 2 is 1.26 bits per heavy atom. The van der Waals surface area contributed by atoms with Crippen molar-refractivity contribution in [2.45, 2.75) is 32.7 Å². The van der Waals surface area contributed by atoms with Crippen molar-refractivity contribution in [2.24, 2.45) is 11.7 Å². The van der Waals surface area contributed by atoms with E-state index in [1.54, 1.807) is 0 Å².